The molecule has 2 aromatic heterocycles. The van der Waals surface area contributed by atoms with Gasteiger partial charge in [-0.25, -0.2) is 14.8 Å². The van der Waals surface area contributed by atoms with E-state index in [1.165, 1.54) is 5.56 Å². The van der Waals surface area contributed by atoms with E-state index < -0.39 is 0 Å². The van der Waals surface area contributed by atoms with Gasteiger partial charge in [0.25, 0.3) is 0 Å². The average molecular weight is 341 g/mol. The van der Waals surface area contributed by atoms with Crippen molar-refractivity contribution in [2.24, 2.45) is 0 Å². The summed E-state index contributed by atoms with van der Waals surface area (Å²) in [4.78, 5) is 28.6. The van der Waals surface area contributed by atoms with Crippen molar-refractivity contribution in [3.05, 3.63) is 48.5 Å². The van der Waals surface area contributed by atoms with Gasteiger partial charge in [-0.15, -0.1) is 0 Å². The summed E-state index contributed by atoms with van der Waals surface area (Å²) in [6.45, 7) is 5.28. The van der Waals surface area contributed by atoms with Crippen LogP contribution in [0.25, 0.3) is 0 Å². The van der Waals surface area contributed by atoms with Gasteiger partial charge in [0.1, 0.15) is 0 Å². The van der Waals surface area contributed by atoms with Crippen LogP contribution in [-0.2, 0) is 6.54 Å². The molecular weight excluding hydrogens is 318 g/mol. The van der Waals surface area contributed by atoms with E-state index in [4.69, 9.17) is 0 Å². The predicted molar refractivity (Wildman–Crippen MR) is 95.0 cm³/mol. The normalized spacial score (nSPS) is 15.0. The topological polar surface area (TPSA) is 86.3 Å². The maximum atomic E-state index is 12.2. The molecule has 0 aromatic carbocycles. The zero-order chi connectivity index (χ0) is 17.3. The molecule has 1 aliphatic rings. The van der Waals surface area contributed by atoms with Crippen LogP contribution in [0.3, 0.4) is 0 Å². The summed E-state index contributed by atoms with van der Waals surface area (Å²) < 4.78 is 0. The van der Waals surface area contributed by atoms with Crippen LogP contribution in [0.15, 0.2) is 43.0 Å². The summed E-state index contributed by atoms with van der Waals surface area (Å²) in [7, 11) is 0. The molecule has 0 atom stereocenters. The molecule has 2 aromatic rings. The number of aromatic nitrogens is 3. The molecule has 0 bridgehead atoms. The van der Waals surface area contributed by atoms with Crippen molar-refractivity contribution in [1.82, 2.24) is 30.1 Å². The fraction of sp³-hybridized carbons (Fsp3) is 0.412. The van der Waals surface area contributed by atoms with Gasteiger partial charge in [-0.1, -0.05) is 0 Å². The van der Waals surface area contributed by atoms with Crippen LogP contribution in [0.1, 0.15) is 5.56 Å². The molecule has 0 unspecified atom stereocenters. The molecule has 0 aliphatic carbocycles. The van der Waals surface area contributed by atoms with Crippen molar-refractivity contribution in [2.45, 2.75) is 6.54 Å². The number of nitrogens with one attached hydrogen (secondary N) is 2. The van der Waals surface area contributed by atoms with Gasteiger partial charge in [-0.2, -0.15) is 0 Å². The Kier molecular flexibility index (Phi) is 6.11. The van der Waals surface area contributed by atoms with Gasteiger partial charge in [0, 0.05) is 70.6 Å². The Morgan fingerprint density at radius 3 is 2.44 bits per heavy atom. The Balaban J connectivity index is 1.33. The molecule has 3 heterocycles. The SMILES string of the molecule is O=C(NCCNc1ncccn1)N1CCN(Cc2ccncc2)CC1. The van der Waals surface area contributed by atoms with Crippen LogP contribution in [0.5, 0.6) is 0 Å². The molecule has 0 radical (unpaired) electrons. The van der Waals surface area contributed by atoms with Crippen molar-refractivity contribution < 1.29 is 4.79 Å². The molecule has 0 spiro atoms. The quantitative estimate of drug-likeness (QED) is 0.756. The molecule has 2 N–H and O–H groups in total. The Hall–Kier alpha value is -2.74. The van der Waals surface area contributed by atoms with Gasteiger partial charge in [-0.3, -0.25) is 9.88 Å². The Bertz CT molecular complexity index is 645. The van der Waals surface area contributed by atoms with Gasteiger partial charge in [0.05, 0.1) is 0 Å². The maximum absolute atomic E-state index is 12.2. The van der Waals surface area contributed by atoms with E-state index in [1.807, 2.05) is 29.4 Å². The van der Waals surface area contributed by atoms with Crippen molar-refractivity contribution in [2.75, 3.05) is 44.6 Å². The number of nitrogens with zero attached hydrogens (tertiary/aromatic N) is 5. The summed E-state index contributed by atoms with van der Waals surface area (Å²) in [5, 5.41) is 6.00. The van der Waals surface area contributed by atoms with E-state index in [9.17, 15) is 4.79 Å². The number of carbonyl (C=O) groups is 1. The second kappa shape index (κ2) is 8.93. The maximum Gasteiger partial charge on any atom is 0.317 e. The molecule has 3 rings (SSSR count). The van der Waals surface area contributed by atoms with Gasteiger partial charge in [0.15, 0.2) is 0 Å². The molecular formula is C17H23N7O. The summed E-state index contributed by atoms with van der Waals surface area (Å²) in [6, 6.07) is 5.81. The third kappa shape index (κ3) is 5.39. The molecule has 1 aliphatic heterocycles. The van der Waals surface area contributed by atoms with Crippen molar-refractivity contribution >= 4 is 12.0 Å². The Morgan fingerprint density at radius 1 is 1.00 bits per heavy atom. The van der Waals surface area contributed by atoms with Crippen molar-refractivity contribution in [3.8, 4) is 0 Å². The van der Waals surface area contributed by atoms with Crippen molar-refractivity contribution in [1.29, 1.82) is 0 Å². The van der Waals surface area contributed by atoms with Crippen LogP contribution >= 0.6 is 0 Å². The number of piperazine rings is 1. The molecule has 8 nitrogen and oxygen atoms in total. The molecule has 1 fully saturated rings. The molecule has 0 saturated carbocycles. The smallest absolute Gasteiger partial charge is 0.317 e. The molecule has 132 valence electrons. The minimum Gasteiger partial charge on any atom is -0.352 e. The third-order valence-corrected chi connectivity index (χ3v) is 4.07. The number of carbonyl (C=O) groups excluding carboxylic acids is 1. The first-order valence-corrected chi connectivity index (χ1v) is 8.46. The number of hydrogen-bond acceptors (Lipinski definition) is 6. The number of anilines is 1. The van der Waals surface area contributed by atoms with E-state index >= 15 is 0 Å². The summed E-state index contributed by atoms with van der Waals surface area (Å²) in [5.74, 6) is 0.571. The number of hydrogen-bond donors (Lipinski definition) is 2. The third-order valence-electron chi connectivity index (χ3n) is 4.07. The average Bonchev–Trinajstić information content (AvgIpc) is 2.67. The minimum absolute atomic E-state index is 0.0145. The first-order valence-electron chi connectivity index (χ1n) is 8.46. The molecule has 8 heteroatoms. The second-order valence-electron chi connectivity index (χ2n) is 5.85. The standard InChI is InChI=1S/C17H23N7O/c25-17(22-9-8-21-16-19-4-1-5-20-16)24-12-10-23(11-13-24)14-15-2-6-18-7-3-15/h1-7H,8-14H2,(H,22,25)(H,19,20,21). The van der Waals surface area contributed by atoms with E-state index in [1.54, 1.807) is 18.5 Å². The first kappa shape index (κ1) is 17.1. The van der Waals surface area contributed by atoms with Crippen LogP contribution in [0.4, 0.5) is 10.7 Å². The largest absolute Gasteiger partial charge is 0.352 e. The fourth-order valence-electron chi connectivity index (χ4n) is 2.70. The van der Waals surface area contributed by atoms with E-state index in [0.29, 0.717) is 19.0 Å². The van der Waals surface area contributed by atoms with E-state index in [2.05, 4.69) is 30.5 Å². The molecule has 2 amide bonds. The highest BCUT2D eigenvalue weighted by Gasteiger charge is 2.20. The number of urea groups is 1. The lowest BCUT2D eigenvalue weighted by Crippen LogP contribution is -2.51. The van der Waals surface area contributed by atoms with Gasteiger partial charge < -0.3 is 15.5 Å². The fourth-order valence-corrected chi connectivity index (χ4v) is 2.70. The summed E-state index contributed by atoms with van der Waals surface area (Å²) in [5.41, 5.74) is 1.25. The Morgan fingerprint density at radius 2 is 1.72 bits per heavy atom. The van der Waals surface area contributed by atoms with Crippen LogP contribution in [0, 0.1) is 0 Å². The zero-order valence-corrected chi connectivity index (χ0v) is 14.1. The lowest BCUT2D eigenvalue weighted by atomic mass is 10.2. The predicted octanol–water partition coefficient (Wildman–Crippen LogP) is 0.811. The highest BCUT2D eigenvalue weighted by molar-refractivity contribution is 5.74. The highest BCUT2D eigenvalue weighted by Crippen LogP contribution is 2.07. The van der Waals surface area contributed by atoms with Gasteiger partial charge in [-0.05, 0) is 23.8 Å². The summed E-state index contributed by atoms with van der Waals surface area (Å²) in [6.07, 6.45) is 6.99. The lowest BCUT2D eigenvalue weighted by molar-refractivity contribution is 0.135. The van der Waals surface area contributed by atoms with Crippen LogP contribution in [-0.4, -0.2) is 70.1 Å². The monoisotopic (exact) mass is 341 g/mol. The van der Waals surface area contributed by atoms with Crippen LogP contribution in [0.2, 0.25) is 0 Å². The van der Waals surface area contributed by atoms with Gasteiger partial charge >= 0.3 is 6.03 Å². The second-order valence-corrected chi connectivity index (χ2v) is 5.85. The molecule has 1 saturated heterocycles. The van der Waals surface area contributed by atoms with Crippen molar-refractivity contribution in [3.63, 3.8) is 0 Å². The lowest BCUT2D eigenvalue weighted by Gasteiger charge is -2.34. The van der Waals surface area contributed by atoms with Gasteiger partial charge in [0.2, 0.25) is 5.95 Å². The number of pyridine rings is 1. The number of amides is 2. The minimum atomic E-state index is -0.0145. The van der Waals surface area contributed by atoms with E-state index in [0.717, 1.165) is 32.7 Å². The number of rotatable bonds is 6. The van der Waals surface area contributed by atoms with Crippen LogP contribution < -0.4 is 10.6 Å². The first-order chi connectivity index (χ1) is 12.3. The molecule has 25 heavy (non-hydrogen) atoms. The Labute approximate surface area is 147 Å². The summed E-state index contributed by atoms with van der Waals surface area (Å²) >= 11 is 0. The highest BCUT2D eigenvalue weighted by atomic mass is 16.2. The van der Waals surface area contributed by atoms with E-state index in [-0.39, 0.29) is 6.03 Å². The zero-order valence-electron chi connectivity index (χ0n) is 14.1.